The fraction of sp³-hybridized carbons (Fsp3) is 0.214. The molecule has 94 valence electrons. The molecule has 1 atom stereocenters. The number of nitrogens with zero attached hydrogens (tertiary/aromatic N) is 1. The first-order chi connectivity index (χ1) is 8.66. The number of pyridine rings is 1. The van der Waals surface area contributed by atoms with E-state index in [0.717, 1.165) is 11.1 Å². The Morgan fingerprint density at radius 3 is 2.94 bits per heavy atom. The molecular weight excluding hydrogens is 250 g/mol. The SMILES string of the molecule is C[C@H](O)c1cccc(OCc2ccncc2Cl)c1. The molecule has 0 unspecified atom stereocenters. The Hall–Kier alpha value is -1.58. The van der Waals surface area contributed by atoms with Crippen LogP contribution in [-0.4, -0.2) is 10.1 Å². The molecule has 4 heteroatoms. The Bertz CT molecular complexity index is 529. The first-order valence-electron chi connectivity index (χ1n) is 5.66. The van der Waals surface area contributed by atoms with Crippen LogP contribution in [0.3, 0.4) is 0 Å². The van der Waals surface area contributed by atoms with Gasteiger partial charge in [0.1, 0.15) is 12.4 Å². The zero-order chi connectivity index (χ0) is 13.0. The number of hydrogen-bond acceptors (Lipinski definition) is 3. The largest absolute Gasteiger partial charge is 0.489 e. The molecule has 2 aromatic rings. The second kappa shape index (κ2) is 5.85. The van der Waals surface area contributed by atoms with Crippen molar-refractivity contribution in [3.63, 3.8) is 0 Å². The number of aliphatic hydroxyl groups is 1. The minimum absolute atomic E-state index is 0.380. The molecule has 3 nitrogen and oxygen atoms in total. The molecule has 0 bridgehead atoms. The summed E-state index contributed by atoms with van der Waals surface area (Å²) in [6, 6.07) is 9.20. The highest BCUT2D eigenvalue weighted by Gasteiger charge is 2.04. The molecule has 1 aromatic carbocycles. The molecular formula is C14H14ClNO2. The van der Waals surface area contributed by atoms with Gasteiger partial charge in [-0.2, -0.15) is 0 Å². The fourth-order valence-electron chi connectivity index (χ4n) is 1.55. The van der Waals surface area contributed by atoms with Gasteiger partial charge in [-0.25, -0.2) is 0 Å². The molecule has 0 spiro atoms. The second-order valence-electron chi connectivity index (χ2n) is 4.00. The Labute approximate surface area is 111 Å². The summed E-state index contributed by atoms with van der Waals surface area (Å²) in [4.78, 5) is 3.92. The third-order valence-corrected chi connectivity index (χ3v) is 2.93. The van der Waals surface area contributed by atoms with Crippen molar-refractivity contribution in [2.75, 3.05) is 0 Å². The van der Waals surface area contributed by atoms with E-state index in [0.29, 0.717) is 17.4 Å². The van der Waals surface area contributed by atoms with Gasteiger partial charge in [-0.05, 0) is 30.7 Å². The van der Waals surface area contributed by atoms with Crippen molar-refractivity contribution < 1.29 is 9.84 Å². The van der Waals surface area contributed by atoms with Gasteiger partial charge in [0.05, 0.1) is 11.1 Å². The van der Waals surface area contributed by atoms with Crippen molar-refractivity contribution in [2.45, 2.75) is 19.6 Å². The van der Waals surface area contributed by atoms with E-state index in [1.54, 1.807) is 19.3 Å². The van der Waals surface area contributed by atoms with Crippen LogP contribution in [0.15, 0.2) is 42.7 Å². The molecule has 1 aromatic heterocycles. The van der Waals surface area contributed by atoms with E-state index in [-0.39, 0.29) is 0 Å². The predicted molar refractivity (Wildman–Crippen MR) is 70.7 cm³/mol. The monoisotopic (exact) mass is 263 g/mol. The first-order valence-corrected chi connectivity index (χ1v) is 6.04. The van der Waals surface area contributed by atoms with E-state index >= 15 is 0 Å². The summed E-state index contributed by atoms with van der Waals surface area (Å²) in [6.45, 7) is 2.10. The highest BCUT2D eigenvalue weighted by atomic mass is 35.5. The van der Waals surface area contributed by atoms with Crippen LogP contribution in [0, 0.1) is 0 Å². The molecule has 18 heavy (non-hydrogen) atoms. The van der Waals surface area contributed by atoms with Gasteiger partial charge < -0.3 is 9.84 Å². The normalized spacial score (nSPS) is 12.2. The average molecular weight is 264 g/mol. The number of aromatic nitrogens is 1. The van der Waals surface area contributed by atoms with Crippen molar-refractivity contribution >= 4 is 11.6 Å². The summed E-state index contributed by atoms with van der Waals surface area (Å²) in [5.74, 6) is 0.710. The topological polar surface area (TPSA) is 42.4 Å². The Balaban J connectivity index is 2.07. The number of rotatable bonds is 4. The van der Waals surface area contributed by atoms with E-state index in [9.17, 15) is 5.11 Å². The number of ether oxygens (including phenoxy) is 1. The van der Waals surface area contributed by atoms with Crippen LogP contribution < -0.4 is 4.74 Å². The zero-order valence-corrected chi connectivity index (χ0v) is 10.8. The Morgan fingerprint density at radius 1 is 1.39 bits per heavy atom. The van der Waals surface area contributed by atoms with Crippen molar-refractivity contribution in [1.82, 2.24) is 4.98 Å². The smallest absolute Gasteiger partial charge is 0.120 e. The van der Waals surface area contributed by atoms with Gasteiger partial charge in [0.2, 0.25) is 0 Å². The van der Waals surface area contributed by atoms with Gasteiger partial charge in [-0.15, -0.1) is 0 Å². The quantitative estimate of drug-likeness (QED) is 0.920. The van der Waals surface area contributed by atoms with E-state index in [2.05, 4.69) is 4.98 Å². The lowest BCUT2D eigenvalue weighted by molar-refractivity contribution is 0.198. The molecule has 0 fully saturated rings. The standard InChI is InChI=1S/C14H14ClNO2/c1-10(17)11-3-2-4-13(7-11)18-9-12-5-6-16-8-14(12)15/h2-8,10,17H,9H2,1H3/t10-/m0/s1. The third kappa shape index (κ3) is 3.22. The summed E-state index contributed by atoms with van der Waals surface area (Å²) in [5, 5.41) is 10.1. The first kappa shape index (κ1) is 12.9. The molecule has 1 N–H and O–H groups in total. The number of hydrogen-bond donors (Lipinski definition) is 1. The minimum Gasteiger partial charge on any atom is -0.489 e. The van der Waals surface area contributed by atoms with Gasteiger partial charge in [0.15, 0.2) is 0 Å². The molecule has 0 radical (unpaired) electrons. The van der Waals surface area contributed by atoms with Gasteiger partial charge in [-0.1, -0.05) is 23.7 Å². The molecule has 0 aliphatic carbocycles. The third-order valence-electron chi connectivity index (χ3n) is 2.59. The summed E-state index contributed by atoms with van der Waals surface area (Å²) in [7, 11) is 0. The highest BCUT2D eigenvalue weighted by Crippen LogP contribution is 2.21. The molecule has 1 heterocycles. The number of halogens is 1. The van der Waals surface area contributed by atoms with Crippen molar-refractivity contribution in [1.29, 1.82) is 0 Å². The lowest BCUT2D eigenvalue weighted by atomic mass is 10.1. The maximum absolute atomic E-state index is 9.49. The zero-order valence-electron chi connectivity index (χ0n) is 10.0. The molecule has 0 saturated carbocycles. The van der Waals surface area contributed by atoms with E-state index in [4.69, 9.17) is 16.3 Å². The maximum Gasteiger partial charge on any atom is 0.120 e. The minimum atomic E-state index is -0.502. The van der Waals surface area contributed by atoms with Crippen LogP contribution in [-0.2, 0) is 6.61 Å². The van der Waals surface area contributed by atoms with Crippen LogP contribution >= 0.6 is 11.6 Å². The second-order valence-corrected chi connectivity index (χ2v) is 4.41. The van der Waals surface area contributed by atoms with E-state index in [1.807, 2.05) is 30.3 Å². The van der Waals surface area contributed by atoms with Crippen LogP contribution in [0.1, 0.15) is 24.2 Å². The Kier molecular flexibility index (Phi) is 4.18. The molecule has 2 rings (SSSR count). The van der Waals surface area contributed by atoms with Gasteiger partial charge in [0, 0.05) is 18.0 Å². The van der Waals surface area contributed by atoms with Crippen LogP contribution in [0.5, 0.6) is 5.75 Å². The maximum atomic E-state index is 9.49. The van der Waals surface area contributed by atoms with Gasteiger partial charge in [0.25, 0.3) is 0 Å². The fourth-order valence-corrected chi connectivity index (χ4v) is 1.72. The predicted octanol–water partition coefficient (Wildman–Crippen LogP) is 3.37. The highest BCUT2D eigenvalue weighted by molar-refractivity contribution is 6.31. The summed E-state index contributed by atoms with van der Waals surface area (Å²) < 4.78 is 5.64. The van der Waals surface area contributed by atoms with Crippen LogP contribution in [0.25, 0.3) is 0 Å². The van der Waals surface area contributed by atoms with E-state index in [1.165, 1.54) is 0 Å². The summed E-state index contributed by atoms with van der Waals surface area (Å²) in [6.07, 6.45) is 2.77. The van der Waals surface area contributed by atoms with Gasteiger partial charge >= 0.3 is 0 Å². The summed E-state index contributed by atoms with van der Waals surface area (Å²) >= 11 is 5.99. The lowest BCUT2D eigenvalue weighted by Gasteiger charge is -2.10. The molecule has 0 saturated heterocycles. The number of aliphatic hydroxyl groups excluding tert-OH is 1. The average Bonchev–Trinajstić information content (AvgIpc) is 2.38. The van der Waals surface area contributed by atoms with Crippen molar-refractivity contribution in [2.24, 2.45) is 0 Å². The Morgan fingerprint density at radius 2 is 2.22 bits per heavy atom. The van der Waals surface area contributed by atoms with E-state index < -0.39 is 6.10 Å². The molecule has 0 aliphatic heterocycles. The number of benzene rings is 1. The van der Waals surface area contributed by atoms with Crippen molar-refractivity contribution in [3.8, 4) is 5.75 Å². The summed E-state index contributed by atoms with van der Waals surface area (Å²) in [5.41, 5.74) is 1.71. The van der Waals surface area contributed by atoms with Gasteiger partial charge in [-0.3, -0.25) is 4.98 Å². The van der Waals surface area contributed by atoms with Crippen LogP contribution in [0.2, 0.25) is 5.02 Å². The molecule has 0 amide bonds. The van der Waals surface area contributed by atoms with Crippen molar-refractivity contribution in [3.05, 3.63) is 58.9 Å². The van der Waals surface area contributed by atoms with Crippen LogP contribution in [0.4, 0.5) is 0 Å². The molecule has 0 aliphatic rings. The lowest BCUT2D eigenvalue weighted by Crippen LogP contribution is -1.98.